The minimum Gasteiger partial charge on any atom is -0.396 e. The van der Waals surface area contributed by atoms with Gasteiger partial charge in [-0.1, -0.05) is 5.57 Å². The van der Waals surface area contributed by atoms with Gasteiger partial charge in [0.25, 0.3) is 0 Å². The first kappa shape index (κ1) is 13.3. The van der Waals surface area contributed by atoms with Crippen molar-refractivity contribution in [3.8, 4) is 0 Å². The van der Waals surface area contributed by atoms with Crippen molar-refractivity contribution in [3.63, 3.8) is 0 Å². The highest BCUT2D eigenvalue weighted by Gasteiger charge is 2.28. The van der Waals surface area contributed by atoms with E-state index in [2.05, 4.69) is 29.9 Å². The molecule has 21 heavy (non-hydrogen) atoms. The van der Waals surface area contributed by atoms with Gasteiger partial charge in [-0.3, -0.25) is 0 Å². The van der Waals surface area contributed by atoms with Crippen molar-refractivity contribution in [1.82, 2.24) is 29.9 Å². The van der Waals surface area contributed by atoms with E-state index in [0.29, 0.717) is 17.4 Å². The molecule has 0 spiro atoms. The molecule has 3 aromatic rings. The summed E-state index contributed by atoms with van der Waals surface area (Å²) >= 11 is 0. The summed E-state index contributed by atoms with van der Waals surface area (Å²) in [5.41, 5.74) is 2.73. The quantitative estimate of drug-likeness (QED) is 0.733. The van der Waals surface area contributed by atoms with Crippen LogP contribution in [-0.2, 0) is 0 Å². The third kappa shape index (κ3) is 3.46. The Morgan fingerprint density at radius 3 is 2.76 bits per heavy atom. The summed E-state index contributed by atoms with van der Waals surface area (Å²) in [6, 6.07) is 1.78. The maximum Gasteiger partial charge on any atom is 0.181 e. The van der Waals surface area contributed by atoms with Crippen molar-refractivity contribution in [2.75, 3.05) is 6.61 Å². The van der Waals surface area contributed by atoms with Crippen LogP contribution in [0.1, 0.15) is 12.2 Å². The van der Waals surface area contributed by atoms with Gasteiger partial charge < -0.3 is 10.1 Å². The van der Waals surface area contributed by atoms with Crippen LogP contribution in [0.5, 0.6) is 0 Å². The summed E-state index contributed by atoms with van der Waals surface area (Å²) in [6.07, 6.45) is 11.1. The van der Waals surface area contributed by atoms with Gasteiger partial charge in [-0.05, 0) is 18.6 Å². The predicted octanol–water partition coefficient (Wildman–Crippen LogP) is 1.23. The Hall–Kier alpha value is -2.67. The molecule has 1 aliphatic rings. The van der Waals surface area contributed by atoms with Crippen LogP contribution in [0.25, 0.3) is 17.2 Å². The third-order valence-electron chi connectivity index (χ3n) is 3.05. The molecule has 0 radical (unpaired) electrons. The van der Waals surface area contributed by atoms with Gasteiger partial charge in [0, 0.05) is 24.9 Å². The first-order valence-corrected chi connectivity index (χ1v) is 6.54. The van der Waals surface area contributed by atoms with Crippen LogP contribution in [0.15, 0.2) is 42.9 Å². The Kier molecular flexibility index (Phi) is 3.92. The van der Waals surface area contributed by atoms with Crippen LogP contribution < -0.4 is 0 Å². The van der Waals surface area contributed by atoms with E-state index in [9.17, 15) is 0 Å². The number of fused-ring (bicyclic) bond motifs is 1. The molecule has 1 aliphatic carbocycles. The number of nitrogens with zero attached hydrogens (tertiary/aromatic N) is 5. The number of hydrogen-bond donors (Lipinski definition) is 2. The van der Waals surface area contributed by atoms with Crippen LogP contribution in [0.3, 0.4) is 0 Å². The summed E-state index contributed by atoms with van der Waals surface area (Å²) in [4.78, 5) is 22.8. The topological polar surface area (TPSA) is 100 Å². The minimum atomic E-state index is 0.219. The van der Waals surface area contributed by atoms with Crippen molar-refractivity contribution in [2.24, 2.45) is 5.92 Å². The average molecular weight is 282 g/mol. The zero-order valence-electron chi connectivity index (χ0n) is 11.2. The van der Waals surface area contributed by atoms with Crippen molar-refractivity contribution >= 4 is 17.2 Å². The summed E-state index contributed by atoms with van der Waals surface area (Å²) in [5.74, 6) is 0.990. The van der Waals surface area contributed by atoms with Gasteiger partial charge in [-0.2, -0.15) is 0 Å². The summed E-state index contributed by atoms with van der Waals surface area (Å²) in [6.45, 7) is 0.219. The summed E-state index contributed by atoms with van der Waals surface area (Å²) in [7, 11) is 0. The van der Waals surface area contributed by atoms with E-state index in [1.807, 2.05) is 6.08 Å². The van der Waals surface area contributed by atoms with Crippen LogP contribution in [-0.4, -0.2) is 41.6 Å². The highest BCUT2D eigenvalue weighted by Crippen LogP contribution is 2.37. The number of H-pyrrole nitrogens is 1. The largest absolute Gasteiger partial charge is 0.396 e. The lowest BCUT2D eigenvalue weighted by atomic mass is 10.4. The fourth-order valence-corrected chi connectivity index (χ4v) is 1.82. The van der Waals surface area contributed by atoms with Gasteiger partial charge in [0.1, 0.15) is 11.8 Å². The van der Waals surface area contributed by atoms with Gasteiger partial charge in [0.2, 0.25) is 0 Å². The van der Waals surface area contributed by atoms with Gasteiger partial charge >= 0.3 is 0 Å². The lowest BCUT2D eigenvalue weighted by Crippen LogP contribution is -1.88. The molecule has 2 N–H and O–H groups in total. The molecule has 1 atom stereocenters. The van der Waals surface area contributed by atoms with Gasteiger partial charge in [-0.15, -0.1) is 0 Å². The van der Waals surface area contributed by atoms with Crippen LogP contribution in [0, 0.1) is 5.92 Å². The lowest BCUT2D eigenvalue weighted by molar-refractivity contribution is 0.281. The molecule has 1 unspecified atom stereocenters. The van der Waals surface area contributed by atoms with E-state index in [4.69, 9.17) is 5.11 Å². The first-order valence-electron chi connectivity index (χ1n) is 6.54. The number of aromatic nitrogens is 6. The number of nitrogens with one attached hydrogen (secondary N) is 1. The fourth-order valence-electron chi connectivity index (χ4n) is 1.82. The number of imidazole rings is 1. The fraction of sp³-hybridized carbons (Fsp3) is 0.214. The normalized spacial score (nSPS) is 18.3. The number of aromatic amines is 1. The molecule has 3 aromatic heterocycles. The zero-order chi connectivity index (χ0) is 14.5. The molecule has 0 amide bonds. The Labute approximate surface area is 120 Å². The Morgan fingerprint density at radius 2 is 2.14 bits per heavy atom. The van der Waals surface area contributed by atoms with Crippen LogP contribution in [0.4, 0.5) is 0 Å². The van der Waals surface area contributed by atoms with Crippen LogP contribution >= 0.6 is 0 Å². The maximum atomic E-state index is 8.89. The molecule has 7 heteroatoms. The van der Waals surface area contributed by atoms with E-state index < -0.39 is 0 Å². The molecule has 106 valence electrons. The average Bonchev–Trinajstić information content (AvgIpc) is 3.13. The number of rotatable bonds is 2. The highest BCUT2D eigenvalue weighted by atomic mass is 16.3. The Morgan fingerprint density at radius 1 is 1.29 bits per heavy atom. The van der Waals surface area contributed by atoms with Crippen LogP contribution in [0.2, 0.25) is 0 Å². The number of hydrogen-bond acceptors (Lipinski definition) is 6. The molecule has 1 saturated carbocycles. The Bertz CT molecular complexity index is 713. The lowest BCUT2D eigenvalue weighted by Gasteiger charge is -1.91. The van der Waals surface area contributed by atoms with E-state index in [-0.39, 0.29) is 6.61 Å². The standard InChI is InChI=1S/C10H10N4O.C4H4N2/c15-4-7-1-6(7)2-9-11-3-8-10(14-9)13-5-12-8;1-2-5-4-6-3-1/h2-3,5,7,15H,1,4H2,(H,11,12,13,14);1-4H. The molecule has 0 bridgehead atoms. The number of aliphatic hydroxyl groups excluding tert-OH is 1. The van der Waals surface area contributed by atoms with Gasteiger partial charge in [0.15, 0.2) is 11.5 Å². The van der Waals surface area contributed by atoms with Crippen molar-refractivity contribution < 1.29 is 5.11 Å². The SMILES string of the molecule is OCC1CC1=Cc1ncc2[nH]cnc2n1.c1cncnc1. The molecule has 0 aromatic carbocycles. The van der Waals surface area contributed by atoms with E-state index in [0.717, 1.165) is 11.9 Å². The molecule has 1 fully saturated rings. The second-order valence-corrected chi connectivity index (χ2v) is 4.58. The van der Waals surface area contributed by atoms with Crippen molar-refractivity contribution in [1.29, 1.82) is 0 Å². The summed E-state index contributed by atoms with van der Waals surface area (Å²) < 4.78 is 0. The predicted molar refractivity (Wildman–Crippen MR) is 76.9 cm³/mol. The van der Waals surface area contributed by atoms with E-state index in [1.54, 1.807) is 31.0 Å². The Balaban J connectivity index is 0.000000186. The monoisotopic (exact) mass is 282 g/mol. The third-order valence-corrected chi connectivity index (χ3v) is 3.05. The smallest absolute Gasteiger partial charge is 0.181 e. The molecule has 4 rings (SSSR count). The minimum absolute atomic E-state index is 0.219. The second-order valence-electron chi connectivity index (χ2n) is 4.58. The molecular formula is C14H14N6O. The zero-order valence-corrected chi connectivity index (χ0v) is 11.2. The molecule has 0 saturated heterocycles. The van der Waals surface area contributed by atoms with Gasteiger partial charge in [0.05, 0.1) is 12.5 Å². The first-order chi connectivity index (χ1) is 10.4. The van der Waals surface area contributed by atoms with Gasteiger partial charge in [-0.25, -0.2) is 24.9 Å². The second kappa shape index (κ2) is 6.19. The molecular weight excluding hydrogens is 268 g/mol. The van der Waals surface area contributed by atoms with Crippen molar-refractivity contribution in [3.05, 3.63) is 48.7 Å². The highest BCUT2D eigenvalue weighted by molar-refractivity contribution is 5.69. The number of aliphatic hydroxyl groups is 1. The molecule has 3 heterocycles. The van der Waals surface area contributed by atoms with Crippen molar-refractivity contribution in [2.45, 2.75) is 6.42 Å². The molecule has 7 nitrogen and oxygen atoms in total. The van der Waals surface area contributed by atoms with E-state index >= 15 is 0 Å². The van der Waals surface area contributed by atoms with E-state index in [1.165, 1.54) is 11.9 Å². The summed E-state index contributed by atoms with van der Waals surface area (Å²) in [5, 5.41) is 8.89. The molecule has 0 aliphatic heterocycles. The maximum absolute atomic E-state index is 8.89.